The largest absolute Gasteiger partial charge is 0.329 e. The van der Waals surface area contributed by atoms with Crippen LogP contribution in [0.5, 0.6) is 0 Å². The van der Waals surface area contributed by atoms with Crippen LogP contribution in [0, 0.1) is 0 Å². The smallest absolute Gasteiger partial charge is 0.274 e. The van der Waals surface area contributed by atoms with E-state index >= 15 is 0 Å². The summed E-state index contributed by atoms with van der Waals surface area (Å²) < 4.78 is 0. The lowest BCUT2D eigenvalue weighted by Crippen LogP contribution is -2.06. The van der Waals surface area contributed by atoms with Gasteiger partial charge < -0.3 is 15.0 Å². The second-order valence-corrected chi connectivity index (χ2v) is 11.1. The highest BCUT2D eigenvalue weighted by molar-refractivity contribution is 5.82. The molecule has 0 aliphatic heterocycles. The molecule has 0 amide bonds. The highest BCUT2D eigenvalue weighted by Gasteiger charge is 2.05. The zero-order valence-electron chi connectivity index (χ0n) is 24.9. The van der Waals surface area contributed by atoms with Crippen molar-refractivity contribution in [2.45, 2.75) is 74.1 Å². The lowest BCUT2D eigenvalue weighted by Gasteiger charge is -2.05. The Hall–Kier alpha value is -4.85. The van der Waals surface area contributed by atoms with Crippen molar-refractivity contribution in [1.82, 2.24) is 24.9 Å². The van der Waals surface area contributed by atoms with Gasteiger partial charge in [0.2, 0.25) is 0 Å². The number of benzene rings is 2. The summed E-state index contributed by atoms with van der Waals surface area (Å²) in [7, 11) is 0. The molecule has 0 saturated heterocycles. The molecule has 0 radical (unpaired) electrons. The van der Waals surface area contributed by atoms with E-state index in [1.165, 1.54) is 17.5 Å². The Morgan fingerprint density at radius 1 is 0.545 bits per heavy atom. The second kappa shape index (κ2) is 15.6. The van der Waals surface area contributed by atoms with Crippen molar-refractivity contribution in [2.24, 2.45) is 0 Å². The van der Waals surface area contributed by atoms with Crippen LogP contribution in [-0.2, 0) is 0 Å². The van der Waals surface area contributed by atoms with Crippen molar-refractivity contribution >= 4 is 32.6 Å². The molecule has 0 unspecified atom stereocenters. The average Bonchev–Trinajstić information content (AvgIpc) is 2.97. The summed E-state index contributed by atoms with van der Waals surface area (Å²) in [4.78, 5) is 50.2. The number of aromatic nitrogens is 5. The molecule has 2 aromatic carbocycles. The number of H-pyrrole nitrogens is 3. The van der Waals surface area contributed by atoms with E-state index < -0.39 is 0 Å². The SMILES string of the molecule is C.C.CC(C)c1ccc2c(=O)[nH]ccc2c1.CC(C)c1ccc2c(=O)[nH]cnc2c1.CC(C)c1cnc2c(=O)[nH]ccc2c1. The lowest BCUT2D eigenvalue weighted by atomic mass is 10.0. The predicted octanol–water partition coefficient (Wildman–Crippen LogP) is 8.02. The van der Waals surface area contributed by atoms with E-state index in [1.54, 1.807) is 18.6 Å². The molecule has 44 heavy (non-hydrogen) atoms. The van der Waals surface area contributed by atoms with Crippen LogP contribution in [0.25, 0.3) is 32.6 Å². The fourth-order valence-corrected chi connectivity index (χ4v) is 4.42. The van der Waals surface area contributed by atoms with E-state index in [0.29, 0.717) is 28.7 Å². The third-order valence-corrected chi connectivity index (χ3v) is 7.09. The number of nitrogens with one attached hydrogen (secondary N) is 3. The van der Waals surface area contributed by atoms with Crippen LogP contribution in [-0.4, -0.2) is 24.9 Å². The first-order chi connectivity index (χ1) is 20.0. The molecular formula is C36H45N5O3. The molecule has 4 aromatic heterocycles. The minimum absolute atomic E-state index is 0. The molecule has 0 aliphatic rings. The number of hydrogen-bond donors (Lipinski definition) is 3. The van der Waals surface area contributed by atoms with E-state index in [9.17, 15) is 14.4 Å². The van der Waals surface area contributed by atoms with Crippen molar-refractivity contribution in [2.75, 3.05) is 0 Å². The molecule has 0 bridgehead atoms. The lowest BCUT2D eigenvalue weighted by molar-refractivity contribution is 0.861. The molecule has 232 valence electrons. The minimum Gasteiger partial charge on any atom is -0.329 e. The molecule has 3 N–H and O–H groups in total. The summed E-state index contributed by atoms with van der Waals surface area (Å²) in [6.07, 6.45) is 6.54. The van der Waals surface area contributed by atoms with Crippen molar-refractivity contribution < 1.29 is 0 Å². The van der Waals surface area contributed by atoms with Crippen LogP contribution in [0.2, 0.25) is 0 Å². The Morgan fingerprint density at radius 3 is 1.70 bits per heavy atom. The molecule has 6 aromatic rings. The van der Waals surface area contributed by atoms with Crippen molar-refractivity contribution in [1.29, 1.82) is 0 Å². The van der Waals surface area contributed by atoms with Gasteiger partial charge in [0.1, 0.15) is 5.52 Å². The first-order valence-corrected chi connectivity index (χ1v) is 14.1. The number of fused-ring (bicyclic) bond motifs is 3. The number of nitrogens with zero attached hydrogens (tertiary/aromatic N) is 2. The van der Waals surface area contributed by atoms with Gasteiger partial charge in [0, 0.05) is 29.4 Å². The normalized spacial score (nSPS) is 10.6. The van der Waals surface area contributed by atoms with Crippen LogP contribution in [0.15, 0.2) is 93.9 Å². The van der Waals surface area contributed by atoms with Gasteiger partial charge in [-0.2, -0.15) is 0 Å². The fraction of sp³-hybridized carbons (Fsp3) is 0.306. The summed E-state index contributed by atoms with van der Waals surface area (Å²) in [5, 5.41) is 3.33. The molecule has 4 heterocycles. The van der Waals surface area contributed by atoms with Crippen molar-refractivity contribution in [3.63, 3.8) is 0 Å². The molecule has 0 aliphatic carbocycles. The van der Waals surface area contributed by atoms with Gasteiger partial charge in [-0.3, -0.25) is 19.4 Å². The van der Waals surface area contributed by atoms with E-state index in [2.05, 4.69) is 72.5 Å². The third-order valence-electron chi connectivity index (χ3n) is 7.09. The molecule has 0 atom stereocenters. The number of pyridine rings is 3. The summed E-state index contributed by atoms with van der Waals surface area (Å²) >= 11 is 0. The molecular weight excluding hydrogens is 550 g/mol. The first kappa shape index (κ1) is 35.3. The van der Waals surface area contributed by atoms with Crippen LogP contribution >= 0.6 is 0 Å². The minimum atomic E-state index is -0.127. The standard InChI is InChI=1S/C12H13NO.2C11H12N2O.2CH4/c1-8(2)9-3-4-11-10(7-9)5-6-13-12(11)14;1-7(2)9-5-8-3-4-12-11(14)10(8)13-6-9;1-7(2)8-3-4-9-10(5-8)12-6-13-11(9)14;;/h3-8H,1-2H3,(H,13,14);3-7H,1-2H3,(H,12,14);3-7H,1-2H3,(H,12,13,14);2*1H4. The first-order valence-electron chi connectivity index (χ1n) is 14.1. The van der Waals surface area contributed by atoms with Crippen LogP contribution in [0.3, 0.4) is 0 Å². The quantitative estimate of drug-likeness (QED) is 0.191. The number of rotatable bonds is 3. The summed E-state index contributed by atoms with van der Waals surface area (Å²) in [6, 6.07) is 17.6. The van der Waals surface area contributed by atoms with Gasteiger partial charge in [-0.05, 0) is 76.2 Å². The van der Waals surface area contributed by atoms with Crippen molar-refractivity contribution in [3.05, 3.63) is 127 Å². The molecule has 6 rings (SSSR count). The van der Waals surface area contributed by atoms with E-state index in [0.717, 1.165) is 27.2 Å². The van der Waals surface area contributed by atoms with E-state index in [4.69, 9.17) is 0 Å². The van der Waals surface area contributed by atoms with E-state index in [-0.39, 0.29) is 31.5 Å². The van der Waals surface area contributed by atoms with Gasteiger partial charge in [0.25, 0.3) is 16.7 Å². The summed E-state index contributed by atoms with van der Waals surface area (Å²) in [5.41, 5.74) is 4.68. The maximum atomic E-state index is 11.4. The zero-order chi connectivity index (χ0) is 30.4. The van der Waals surface area contributed by atoms with E-state index in [1.807, 2.05) is 48.5 Å². The molecule has 0 saturated carbocycles. The van der Waals surface area contributed by atoms with Crippen LogP contribution < -0.4 is 16.7 Å². The predicted molar refractivity (Wildman–Crippen MR) is 185 cm³/mol. The number of aromatic amines is 3. The topological polar surface area (TPSA) is 124 Å². The second-order valence-electron chi connectivity index (χ2n) is 11.1. The Kier molecular flexibility index (Phi) is 12.5. The monoisotopic (exact) mass is 595 g/mol. The van der Waals surface area contributed by atoms with Gasteiger partial charge in [-0.1, -0.05) is 74.6 Å². The maximum absolute atomic E-state index is 11.4. The molecule has 0 spiro atoms. The number of hydrogen-bond acceptors (Lipinski definition) is 5. The Balaban J connectivity index is 0.000000225. The van der Waals surface area contributed by atoms with Crippen LogP contribution in [0.4, 0.5) is 0 Å². The van der Waals surface area contributed by atoms with Gasteiger partial charge in [-0.25, -0.2) is 4.98 Å². The molecule has 8 heteroatoms. The highest BCUT2D eigenvalue weighted by atomic mass is 16.1. The maximum Gasteiger partial charge on any atom is 0.274 e. The average molecular weight is 596 g/mol. The fourth-order valence-electron chi connectivity index (χ4n) is 4.42. The van der Waals surface area contributed by atoms with Gasteiger partial charge >= 0.3 is 0 Å². The third kappa shape index (κ3) is 8.37. The summed E-state index contributed by atoms with van der Waals surface area (Å²) in [5.74, 6) is 1.39. The van der Waals surface area contributed by atoms with Gasteiger partial charge in [-0.15, -0.1) is 0 Å². The zero-order valence-corrected chi connectivity index (χ0v) is 24.9. The van der Waals surface area contributed by atoms with Gasteiger partial charge in [0.15, 0.2) is 0 Å². The summed E-state index contributed by atoms with van der Waals surface area (Å²) in [6.45, 7) is 12.7. The van der Waals surface area contributed by atoms with Crippen molar-refractivity contribution in [3.8, 4) is 0 Å². The Morgan fingerprint density at radius 2 is 1.07 bits per heavy atom. The molecule has 8 nitrogen and oxygen atoms in total. The van der Waals surface area contributed by atoms with Crippen LogP contribution in [0.1, 0.15) is 90.8 Å². The molecule has 0 fully saturated rings. The Bertz CT molecular complexity index is 1770. The van der Waals surface area contributed by atoms with Gasteiger partial charge in [0.05, 0.1) is 17.2 Å². The highest BCUT2D eigenvalue weighted by Crippen LogP contribution is 2.19. The Labute approximate surface area is 258 Å².